The average Bonchev–Trinajstić information content (AvgIpc) is 4.07. The summed E-state index contributed by atoms with van der Waals surface area (Å²) in [4.78, 5) is 65.9. The number of nitrogens with two attached hydrogens (primary N) is 1. The van der Waals surface area contributed by atoms with Crippen LogP contribution in [-0.2, 0) is 29.2 Å². The second-order valence-electron chi connectivity index (χ2n) is 14.4. The maximum Gasteiger partial charge on any atom is 0.262 e. The highest BCUT2D eigenvalue weighted by Crippen LogP contribution is 2.41. The van der Waals surface area contributed by atoms with Crippen LogP contribution in [0.4, 0.5) is 4.39 Å². The number of nitrogens with one attached hydrogen (secondary N) is 2. The largest absolute Gasteiger partial charge is 0.470 e. The monoisotopic (exact) mass is 775 g/mol. The molecule has 1 aliphatic heterocycles. The van der Waals surface area contributed by atoms with E-state index in [9.17, 15) is 32.0 Å². The molecule has 4 heterocycles. The smallest absolute Gasteiger partial charge is 0.262 e. The standard InChI is InChI=1S/C38H42FN7O8S/c1-21(47)42-29(13-6-4-2-3-5-9-22-18-28(22)35(49)45-55(51,52)26-14-15-26)38(50)46-20-25(19-30(46)33(40)48)53-37-32-31(27-12-8-16-41-36(27)54-32)43-34(44-37)23-10-7-11-24(39)17-23/h5,7-12,16-17,22,25-26,28-30H,2-4,6,13-15,18-20H2,1H3,(H2,40,48)(H,42,47)(H,45,49)/b9-5-/t22-,25-,28+,29+,30+/m1/s1. The normalized spacial score (nSPS) is 21.5. The highest BCUT2D eigenvalue weighted by molar-refractivity contribution is 7.90. The van der Waals surface area contributed by atoms with Crippen molar-refractivity contribution >= 4 is 55.9 Å². The minimum atomic E-state index is -3.55. The number of hydrogen-bond acceptors (Lipinski definition) is 11. The van der Waals surface area contributed by atoms with Crippen LogP contribution in [0.1, 0.15) is 64.7 Å². The van der Waals surface area contributed by atoms with Crippen LogP contribution in [0.3, 0.4) is 0 Å². The number of nitrogens with zero attached hydrogens (tertiary/aromatic N) is 4. The van der Waals surface area contributed by atoms with Gasteiger partial charge in [-0.1, -0.05) is 37.1 Å². The van der Waals surface area contributed by atoms with Crippen molar-refractivity contribution in [2.75, 3.05) is 6.54 Å². The fourth-order valence-corrected chi connectivity index (χ4v) is 8.37. The molecule has 5 atom stereocenters. The zero-order valence-corrected chi connectivity index (χ0v) is 31.0. The molecule has 0 bridgehead atoms. The number of unbranched alkanes of at least 4 members (excludes halogenated alkanes) is 3. The lowest BCUT2D eigenvalue weighted by molar-refractivity contribution is -0.140. The summed E-state index contributed by atoms with van der Waals surface area (Å²) >= 11 is 0. The van der Waals surface area contributed by atoms with E-state index in [0.29, 0.717) is 54.3 Å². The maximum atomic E-state index is 14.2. The van der Waals surface area contributed by atoms with E-state index in [0.717, 1.165) is 19.3 Å². The second-order valence-corrected chi connectivity index (χ2v) is 16.4. The molecule has 17 heteroatoms. The Morgan fingerprint density at radius 1 is 1.11 bits per heavy atom. The number of furan rings is 1. The van der Waals surface area contributed by atoms with Crippen LogP contribution < -0.4 is 20.5 Å². The molecule has 3 aliphatic rings. The molecule has 1 saturated heterocycles. The van der Waals surface area contributed by atoms with Gasteiger partial charge in [-0.25, -0.2) is 22.8 Å². The molecule has 4 N–H and O–H groups in total. The number of carbonyl (C=O) groups excluding carboxylic acids is 4. The fourth-order valence-electron chi connectivity index (χ4n) is 7.01. The fraction of sp³-hybridized carbons (Fsp3) is 0.447. The minimum Gasteiger partial charge on any atom is -0.470 e. The van der Waals surface area contributed by atoms with E-state index in [1.165, 1.54) is 30.0 Å². The molecule has 290 valence electrons. The molecule has 0 radical (unpaired) electrons. The molecule has 0 spiro atoms. The van der Waals surface area contributed by atoms with E-state index in [1.807, 2.05) is 12.2 Å². The van der Waals surface area contributed by atoms with Gasteiger partial charge in [0.15, 0.2) is 5.82 Å². The van der Waals surface area contributed by atoms with Gasteiger partial charge < -0.3 is 25.1 Å². The maximum absolute atomic E-state index is 14.2. The van der Waals surface area contributed by atoms with Crippen LogP contribution in [0.2, 0.25) is 0 Å². The van der Waals surface area contributed by atoms with E-state index in [-0.39, 0.29) is 42.1 Å². The summed E-state index contributed by atoms with van der Waals surface area (Å²) in [6, 6.07) is 7.38. The van der Waals surface area contributed by atoms with Crippen LogP contribution in [0.5, 0.6) is 5.88 Å². The molecule has 1 aromatic carbocycles. The van der Waals surface area contributed by atoms with Crippen molar-refractivity contribution in [2.24, 2.45) is 17.6 Å². The van der Waals surface area contributed by atoms with E-state index < -0.39 is 62.9 Å². The van der Waals surface area contributed by atoms with Crippen LogP contribution >= 0.6 is 0 Å². The van der Waals surface area contributed by atoms with Crippen LogP contribution in [0.15, 0.2) is 59.2 Å². The Labute approximate surface area is 316 Å². The number of hydrogen-bond donors (Lipinski definition) is 3. The molecule has 7 rings (SSSR count). The molecule has 2 aliphatic carbocycles. The molecule has 15 nitrogen and oxygen atoms in total. The number of primary amides is 1. The predicted octanol–water partition coefficient (Wildman–Crippen LogP) is 3.67. The first-order valence-electron chi connectivity index (χ1n) is 18.4. The van der Waals surface area contributed by atoms with Gasteiger partial charge in [-0.2, -0.15) is 4.98 Å². The number of amides is 4. The molecule has 3 aromatic heterocycles. The summed E-state index contributed by atoms with van der Waals surface area (Å²) in [5, 5.41) is 2.88. The van der Waals surface area contributed by atoms with Crippen molar-refractivity contribution in [2.45, 2.75) is 88.1 Å². The summed E-state index contributed by atoms with van der Waals surface area (Å²) in [5.74, 6) is -2.60. The van der Waals surface area contributed by atoms with Gasteiger partial charge in [0.1, 0.15) is 29.5 Å². The second kappa shape index (κ2) is 15.7. The van der Waals surface area contributed by atoms with Gasteiger partial charge in [0, 0.05) is 31.0 Å². The number of fused-ring (bicyclic) bond motifs is 3. The number of likely N-dealkylation sites (tertiary alicyclic amines) is 1. The van der Waals surface area contributed by atoms with E-state index in [2.05, 4.69) is 25.0 Å². The van der Waals surface area contributed by atoms with Gasteiger partial charge in [-0.3, -0.25) is 23.9 Å². The number of aromatic nitrogens is 3. The summed E-state index contributed by atoms with van der Waals surface area (Å²) in [5.41, 5.74) is 7.06. The average molecular weight is 776 g/mol. The zero-order valence-electron chi connectivity index (χ0n) is 30.1. The zero-order chi connectivity index (χ0) is 38.9. The lowest BCUT2D eigenvalue weighted by atomic mass is 10.0. The highest BCUT2D eigenvalue weighted by atomic mass is 32.2. The third-order valence-electron chi connectivity index (χ3n) is 10.1. The van der Waals surface area contributed by atoms with Crippen molar-refractivity contribution in [1.29, 1.82) is 0 Å². The summed E-state index contributed by atoms with van der Waals surface area (Å²) in [7, 11) is -3.55. The summed E-state index contributed by atoms with van der Waals surface area (Å²) < 4.78 is 52.8. The Hall–Kier alpha value is -5.45. The van der Waals surface area contributed by atoms with Crippen molar-refractivity contribution in [3.63, 3.8) is 0 Å². The number of rotatable bonds is 16. The van der Waals surface area contributed by atoms with E-state index >= 15 is 0 Å². The van der Waals surface area contributed by atoms with Gasteiger partial charge in [-0.15, -0.1) is 0 Å². The Balaban J connectivity index is 0.972. The Morgan fingerprint density at radius 3 is 2.67 bits per heavy atom. The number of ether oxygens (including phenoxy) is 1. The van der Waals surface area contributed by atoms with Crippen molar-refractivity contribution in [3.8, 4) is 17.3 Å². The quantitative estimate of drug-likeness (QED) is 0.110. The van der Waals surface area contributed by atoms with E-state index in [4.69, 9.17) is 14.9 Å². The van der Waals surface area contributed by atoms with Crippen LogP contribution in [-0.4, -0.2) is 81.9 Å². The Morgan fingerprint density at radius 2 is 1.93 bits per heavy atom. The summed E-state index contributed by atoms with van der Waals surface area (Å²) in [6.45, 7) is 1.29. The lowest BCUT2D eigenvalue weighted by Crippen LogP contribution is -2.52. The van der Waals surface area contributed by atoms with Gasteiger partial charge in [0.25, 0.3) is 5.88 Å². The van der Waals surface area contributed by atoms with Gasteiger partial charge in [0.05, 0.1) is 17.2 Å². The molecule has 55 heavy (non-hydrogen) atoms. The topological polar surface area (TPSA) is 217 Å². The van der Waals surface area contributed by atoms with Crippen molar-refractivity contribution < 1.29 is 41.1 Å². The molecule has 0 unspecified atom stereocenters. The molecule has 4 amide bonds. The van der Waals surface area contributed by atoms with Crippen molar-refractivity contribution in [3.05, 3.63) is 60.6 Å². The van der Waals surface area contributed by atoms with Gasteiger partial charge in [0.2, 0.25) is 44.9 Å². The number of benzene rings is 1. The molecule has 4 aromatic rings. The van der Waals surface area contributed by atoms with Crippen LogP contribution in [0.25, 0.3) is 33.6 Å². The Bertz CT molecular complexity index is 2280. The molecular formula is C38H42FN7O8S. The number of pyridine rings is 1. The minimum absolute atomic E-state index is 0.0224. The third-order valence-corrected chi connectivity index (χ3v) is 11.9. The molecular weight excluding hydrogens is 734 g/mol. The first-order chi connectivity index (χ1) is 26.4. The lowest BCUT2D eigenvalue weighted by Gasteiger charge is -2.27. The van der Waals surface area contributed by atoms with E-state index in [1.54, 1.807) is 24.4 Å². The number of allylic oxidation sites excluding steroid dienone is 2. The highest BCUT2D eigenvalue weighted by Gasteiger charge is 2.45. The van der Waals surface area contributed by atoms with Gasteiger partial charge >= 0.3 is 0 Å². The first kappa shape index (κ1) is 37.8. The van der Waals surface area contributed by atoms with Crippen molar-refractivity contribution in [1.82, 2.24) is 29.9 Å². The number of carbonyl (C=O) groups is 4. The summed E-state index contributed by atoms with van der Waals surface area (Å²) in [6.07, 6.45) is 9.83. The molecule has 2 saturated carbocycles. The third kappa shape index (κ3) is 8.77. The first-order valence-corrected chi connectivity index (χ1v) is 20.0. The number of halogens is 1. The number of sulfonamides is 1. The molecule has 3 fully saturated rings. The Kier molecular flexibility index (Phi) is 10.8. The SMILES string of the molecule is CC(=O)N[C@@H](CCCCC/C=C\[C@@H]1C[C@@H]1C(=O)NS(=O)(=O)C1CC1)C(=O)N1C[C@H](Oc2nc(-c3cccc(F)c3)nc3c2oc2ncccc23)C[C@H]1C(N)=O. The van der Waals surface area contributed by atoms with Crippen LogP contribution in [0, 0.1) is 17.7 Å². The van der Waals surface area contributed by atoms with Gasteiger partial charge in [-0.05, 0) is 68.7 Å². The predicted molar refractivity (Wildman–Crippen MR) is 198 cm³/mol.